The minimum atomic E-state index is 0.926. The molecule has 0 N–H and O–H groups in total. The number of nitrogens with zero attached hydrogens (tertiary/aromatic N) is 1. The summed E-state index contributed by atoms with van der Waals surface area (Å²) in [6.45, 7) is 2.19. The van der Waals surface area contributed by atoms with Crippen LogP contribution in [0.3, 0.4) is 0 Å². The van der Waals surface area contributed by atoms with Crippen molar-refractivity contribution in [1.82, 2.24) is 4.98 Å². The maximum Gasteiger partial charge on any atom is 0.0972 e. The van der Waals surface area contributed by atoms with E-state index in [0.29, 0.717) is 0 Å². The highest BCUT2D eigenvalue weighted by Crippen LogP contribution is 2.21. The Labute approximate surface area is 109 Å². The third-order valence-electron chi connectivity index (χ3n) is 2.40. The molecule has 0 fully saturated rings. The first kappa shape index (κ1) is 11.8. The average Bonchev–Trinajstić information content (AvgIpc) is 2.70. The van der Waals surface area contributed by atoms with Crippen LogP contribution >= 0.6 is 27.3 Å². The summed E-state index contributed by atoms with van der Waals surface area (Å²) in [5.74, 6) is 0. The van der Waals surface area contributed by atoms with Crippen molar-refractivity contribution in [3.8, 4) is 0 Å². The molecule has 0 aliphatic carbocycles. The quantitative estimate of drug-likeness (QED) is 0.812. The van der Waals surface area contributed by atoms with Gasteiger partial charge in [-0.2, -0.15) is 0 Å². The van der Waals surface area contributed by atoms with E-state index in [0.717, 1.165) is 19.3 Å². The molecule has 0 amide bonds. The Balaban J connectivity index is 2.11. The number of thiazole rings is 1. The molecular weight excluding hydrogens is 282 g/mol. The van der Waals surface area contributed by atoms with Gasteiger partial charge in [-0.25, -0.2) is 4.98 Å². The summed E-state index contributed by atoms with van der Waals surface area (Å²) in [5.41, 5.74) is 2.54. The normalized spacial score (nSPS) is 10.6. The molecule has 0 spiro atoms. The van der Waals surface area contributed by atoms with Crippen LogP contribution in [0.15, 0.2) is 34.1 Å². The van der Waals surface area contributed by atoms with Gasteiger partial charge in [0, 0.05) is 16.3 Å². The molecule has 16 heavy (non-hydrogen) atoms. The van der Waals surface area contributed by atoms with Gasteiger partial charge in [-0.1, -0.05) is 47.5 Å². The Bertz CT molecular complexity index is 464. The van der Waals surface area contributed by atoms with Crippen molar-refractivity contribution in [2.24, 2.45) is 0 Å². The number of rotatable bonds is 4. The van der Waals surface area contributed by atoms with Crippen molar-refractivity contribution >= 4 is 27.3 Å². The molecule has 0 aliphatic rings. The van der Waals surface area contributed by atoms with Gasteiger partial charge in [-0.05, 0) is 18.1 Å². The summed E-state index contributed by atoms with van der Waals surface area (Å²) in [6.07, 6.45) is 3.18. The topological polar surface area (TPSA) is 12.9 Å². The van der Waals surface area contributed by atoms with Crippen LogP contribution in [-0.2, 0) is 12.8 Å². The predicted octanol–water partition coefficient (Wildman–Crippen LogP) is 4.45. The molecule has 1 heterocycles. The van der Waals surface area contributed by atoms with E-state index in [1.807, 2.05) is 6.07 Å². The lowest BCUT2D eigenvalue weighted by atomic mass is 10.2. The summed E-state index contributed by atoms with van der Waals surface area (Å²) < 4.78 is 1.17. The molecule has 0 bridgehead atoms. The Hall–Kier alpha value is -0.670. The molecule has 0 unspecified atom stereocenters. The van der Waals surface area contributed by atoms with Crippen LogP contribution in [0.2, 0.25) is 0 Å². The Kier molecular flexibility index (Phi) is 4.13. The highest BCUT2D eigenvalue weighted by Gasteiger charge is 2.04. The first-order chi connectivity index (χ1) is 7.79. The zero-order chi connectivity index (χ0) is 11.4. The number of benzene rings is 1. The minimum Gasteiger partial charge on any atom is -0.246 e. The molecule has 1 aromatic heterocycles. The second-order valence-electron chi connectivity index (χ2n) is 3.75. The van der Waals surface area contributed by atoms with Crippen LogP contribution in [0.1, 0.15) is 29.6 Å². The Morgan fingerprint density at radius 3 is 2.88 bits per heavy atom. The number of halogens is 1. The molecule has 1 aromatic carbocycles. The summed E-state index contributed by atoms with van der Waals surface area (Å²) >= 11 is 5.33. The van der Waals surface area contributed by atoms with Crippen molar-refractivity contribution in [2.45, 2.75) is 26.2 Å². The summed E-state index contributed by atoms with van der Waals surface area (Å²) in [6, 6.07) is 8.33. The number of hydrogen-bond donors (Lipinski definition) is 0. The Morgan fingerprint density at radius 1 is 1.31 bits per heavy atom. The van der Waals surface area contributed by atoms with Gasteiger partial charge in [0.1, 0.15) is 0 Å². The van der Waals surface area contributed by atoms with E-state index in [1.165, 1.54) is 20.7 Å². The van der Waals surface area contributed by atoms with Crippen LogP contribution in [0.5, 0.6) is 0 Å². The minimum absolute atomic E-state index is 0.926. The van der Waals surface area contributed by atoms with E-state index in [-0.39, 0.29) is 0 Å². The summed E-state index contributed by atoms with van der Waals surface area (Å²) in [5, 5.41) is 3.38. The van der Waals surface area contributed by atoms with Gasteiger partial charge >= 0.3 is 0 Å². The molecular formula is C13H14BrNS. The third-order valence-corrected chi connectivity index (χ3v) is 4.08. The van der Waals surface area contributed by atoms with Gasteiger partial charge in [-0.3, -0.25) is 0 Å². The molecule has 0 radical (unpaired) electrons. The van der Waals surface area contributed by atoms with Crippen LogP contribution in [0.4, 0.5) is 0 Å². The van der Waals surface area contributed by atoms with Crippen molar-refractivity contribution < 1.29 is 0 Å². The lowest BCUT2D eigenvalue weighted by Gasteiger charge is -2.00. The number of aromatic nitrogens is 1. The maximum atomic E-state index is 4.63. The fourth-order valence-corrected chi connectivity index (χ4v) is 2.88. The van der Waals surface area contributed by atoms with E-state index < -0.39 is 0 Å². The largest absolute Gasteiger partial charge is 0.246 e. The first-order valence-corrected chi connectivity index (χ1v) is 7.13. The summed E-state index contributed by atoms with van der Waals surface area (Å²) in [7, 11) is 0. The molecule has 84 valence electrons. The second kappa shape index (κ2) is 5.60. The lowest BCUT2D eigenvalue weighted by molar-refractivity contribution is 0.883. The van der Waals surface area contributed by atoms with E-state index in [1.54, 1.807) is 11.3 Å². The summed E-state index contributed by atoms with van der Waals surface area (Å²) in [4.78, 5) is 4.63. The number of hydrogen-bond acceptors (Lipinski definition) is 2. The molecule has 3 heteroatoms. The zero-order valence-electron chi connectivity index (χ0n) is 9.24. The fourth-order valence-electron chi connectivity index (χ4n) is 1.61. The maximum absolute atomic E-state index is 4.63. The predicted molar refractivity (Wildman–Crippen MR) is 73.1 cm³/mol. The molecule has 2 aromatic rings. The molecule has 2 rings (SSSR count). The van der Waals surface area contributed by atoms with Crippen LogP contribution in [-0.4, -0.2) is 4.98 Å². The highest BCUT2D eigenvalue weighted by molar-refractivity contribution is 9.10. The monoisotopic (exact) mass is 295 g/mol. The van der Waals surface area contributed by atoms with E-state index in [9.17, 15) is 0 Å². The smallest absolute Gasteiger partial charge is 0.0972 e. The van der Waals surface area contributed by atoms with E-state index in [4.69, 9.17) is 0 Å². The van der Waals surface area contributed by atoms with Crippen molar-refractivity contribution in [3.63, 3.8) is 0 Å². The SMILES string of the molecule is CCCc1csc(Cc2ccccc2Br)n1. The van der Waals surface area contributed by atoms with Crippen molar-refractivity contribution in [3.05, 3.63) is 50.4 Å². The van der Waals surface area contributed by atoms with Crippen LogP contribution in [0.25, 0.3) is 0 Å². The standard InChI is InChI=1S/C13H14BrNS/c1-2-5-11-9-16-13(15-11)8-10-6-3-4-7-12(10)14/h3-4,6-7,9H,2,5,8H2,1H3. The molecule has 0 saturated carbocycles. The molecule has 1 nitrogen and oxygen atoms in total. The van der Waals surface area contributed by atoms with Gasteiger partial charge < -0.3 is 0 Å². The first-order valence-electron chi connectivity index (χ1n) is 5.46. The molecule has 0 atom stereocenters. The van der Waals surface area contributed by atoms with E-state index >= 15 is 0 Å². The lowest BCUT2D eigenvalue weighted by Crippen LogP contribution is -1.90. The van der Waals surface area contributed by atoms with E-state index in [2.05, 4.69) is 51.4 Å². The van der Waals surface area contributed by atoms with Crippen molar-refractivity contribution in [1.29, 1.82) is 0 Å². The van der Waals surface area contributed by atoms with Gasteiger partial charge in [-0.15, -0.1) is 11.3 Å². The van der Waals surface area contributed by atoms with Gasteiger partial charge in [0.2, 0.25) is 0 Å². The van der Waals surface area contributed by atoms with Crippen LogP contribution in [0, 0.1) is 0 Å². The van der Waals surface area contributed by atoms with Gasteiger partial charge in [0.25, 0.3) is 0 Å². The zero-order valence-corrected chi connectivity index (χ0v) is 11.6. The van der Waals surface area contributed by atoms with Gasteiger partial charge in [0.15, 0.2) is 0 Å². The third kappa shape index (κ3) is 2.92. The molecule has 0 aliphatic heterocycles. The van der Waals surface area contributed by atoms with Crippen LogP contribution < -0.4 is 0 Å². The number of aryl methyl sites for hydroxylation is 1. The average molecular weight is 296 g/mol. The Morgan fingerprint density at radius 2 is 2.12 bits per heavy atom. The van der Waals surface area contributed by atoms with Gasteiger partial charge in [0.05, 0.1) is 10.7 Å². The van der Waals surface area contributed by atoms with Crippen molar-refractivity contribution in [2.75, 3.05) is 0 Å². The molecule has 0 saturated heterocycles. The second-order valence-corrected chi connectivity index (χ2v) is 5.55. The fraction of sp³-hybridized carbons (Fsp3) is 0.308. The highest BCUT2D eigenvalue weighted by atomic mass is 79.9.